The Morgan fingerprint density at radius 2 is 2.00 bits per heavy atom. The normalized spacial score (nSPS) is 11.4. The molecule has 4 heteroatoms. The molecule has 1 aromatic rings. The molecule has 0 aromatic heterocycles. The zero-order valence-electron chi connectivity index (χ0n) is 13.2. The lowest BCUT2D eigenvalue weighted by atomic mass is 10.1. The fraction of sp³-hybridized carbons (Fsp3) is 0.333. The molecule has 1 aromatic carbocycles. The Morgan fingerprint density at radius 1 is 1.32 bits per heavy atom. The van der Waals surface area contributed by atoms with Gasteiger partial charge in [0.05, 0.1) is 0 Å². The minimum absolute atomic E-state index is 0.149. The largest absolute Gasteiger partial charge is 0.462 e. The highest BCUT2D eigenvalue weighted by atomic mass is 16.5. The van der Waals surface area contributed by atoms with Crippen molar-refractivity contribution >= 4 is 11.9 Å². The van der Waals surface area contributed by atoms with Gasteiger partial charge in [-0.3, -0.25) is 9.59 Å². The van der Waals surface area contributed by atoms with E-state index in [1.165, 1.54) is 6.92 Å². The van der Waals surface area contributed by atoms with Crippen LogP contribution in [-0.2, 0) is 20.9 Å². The first-order valence-corrected chi connectivity index (χ1v) is 7.12. The van der Waals surface area contributed by atoms with E-state index in [-0.39, 0.29) is 24.5 Å². The highest BCUT2D eigenvalue weighted by Gasteiger charge is 2.16. The van der Waals surface area contributed by atoms with Gasteiger partial charge in [0.2, 0.25) is 0 Å². The second-order valence-corrected chi connectivity index (χ2v) is 4.76. The van der Waals surface area contributed by atoms with Crippen LogP contribution >= 0.6 is 0 Å². The number of ether oxygens (including phenoxy) is 1. The predicted octanol–water partition coefficient (Wildman–Crippen LogP) is 2.55. The van der Waals surface area contributed by atoms with Gasteiger partial charge in [-0.15, -0.1) is 0 Å². The van der Waals surface area contributed by atoms with E-state index in [1.54, 1.807) is 17.9 Å². The zero-order chi connectivity index (χ0) is 16.4. The van der Waals surface area contributed by atoms with E-state index < -0.39 is 0 Å². The average Bonchev–Trinajstić information content (AvgIpc) is 2.50. The summed E-state index contributed by atoms with van der Waals surface area (Å²) >= 11 is 0. The number of amides is 1. The smallest absolute Gasteiger partial charge is 0.302 e. The number of benzene rings is 1. The highest BCUT2D eigenvalue weighted by Crippen LogP contribution is 2.09. The van der Waals surface area contributed by atoms with Gasteiger partial charge in [0.15, 0.2) is 0 Å². The first kappa shape index (κ1) is 17.5. The van der Waals surface area contributed by atoms with Crippen LogP contribution in [0.2, 0.25) is 0 Å². The van der Waals surface area contributed by atoms with E-state index in [1.807, 2.05) is 43.3 Å². The van der Waals surface area contributed by atoms with Crippen molar-refractivity contribution in [2.45, 2.75) is 33.4 Å². The molecule has 1 atom stereocenters. The van der Waals surface area contributed by atoms with Gasteiger partial charge in [0, 0.05) is 19.5 Å². The number of carbonyl (C=O) groups is 2. The van der Waals surface area contributed by atoms with Crippen molar-refractivity contribution in [2.75, 3.05) is 6.61 Å². The summed E-state index contributed by atoms with van der Waals surface area (Å²) in [5.41, 5.74) is 1.04. The van der Waals surface area contributed by atoms with Crippen LogP contribution in [0.5, 0.6) is 0 Å². The topological polar surface area (TPSA) is 46.6 Å². The molecule has 0 aliphatic rings. The van der Waals surface area contributed by atoms with Gasteiger partial charge in [-0.2, -0.15) is 0 Å². The summed E-state index contributed by atoms with van der Waals surface area (Å²) < 4.78 is 4.84. The Morgan fingerprint density at radius 3 is 2.59 bits per heavy atom. The molecule has 1 rings (SSSR count). The van der Waals surface area contributed by atoms with Gasteiger partial charge in [-0.25, -0.2) is 0 Å². The monoisotopic (exact) mass is 299 g/mol. The number of carbonyl (C=O) groups excluding carboxylic acids is 2. The number of hydrogen-bond donors (Lipinski definition) is 0. The third-order valence-corrected chi connectivity index (χ3v) is 2.98. The van der Waals surface area contributed by atoms with E-state index in [9.17, 15) is 9.59 Å². The quantitative estimate of drug-likeness (QED) is 0.461. The molecule has 1 unspecified atom stereocenters. The van der Waals surface area contributed by atoms with E-state index in [4.69, 9.17) is 4.74 Å². The molecule has 22 heavy (non-hydrogen) atoms. The fourth-order valence-corrected chi connectivity index (χ4v) is 1.88. The van der Waals surface area contributed by atoms with E-state index in [0.717, 1.165) is 5.56 Å². The van der Waals surface area contributed by atoms with E-state index in [0.29, 0.717) is 6.54 Å². The molecule has 0 spiro atoms. The van der Waals surface area contributed by atoms with Crippen LogP contribution in [-0.4, -0.2) is 29.4 Å². The van der Waals surface area contributed by atoms with Crippen molar-refractivity contribution in [1.82, 2.24) is 4.90 Å². The number of nitrogens with zero attached hydrogens (tertiary/aromatic N) is 1. The van der Waals surface area contributed by atoms with Crippen LogP contribution in [0.25, 0.3) is 0 Å². The summed E-state index contributed by atoms with van der Waals surface area (Å²) in [4.78, 5) is 24.6. The second-order valence-electron chi connectivity index (χ2n) is 4.76. The first-order chi connectivity index (χ1) is 10.5. The Bertz CT molecular complexity index is 581. The SMILES string of the molecule is CC#CC(=O)N(Cc1ccccc1)C(C)C=CCOC(C)=O. The summed E-state index contributed by atoms with van der Waals surface area (Å²) in [6.07, 6.45) is 3.57. The minimum atomic E-state index is -0.327. The molecule has 0 aliphatic carbocycles. The Balaban J connectivity index is 2.78. The lowest BCUT2D eigenvalue weighted by molar-refractivity contribution is -0.139. The maximum atomic E-state index is 12.2. The van der Waals surface area contributed by atoms with Crippen LogP contribution in [0.1, 0.15) is 26.3 Å². The maximum Gasteiger partial charge on any atom is 0.302 e. The van der Waals surface area contributed by atoms with E-state index >= 15 is 0 Å². The minimum Gasteiger partial charge on any atom is -0.462 e. The van der Waals surface area contributed by atoms with Gasteiger partial charge >= 0.3 is 5.97 Å². The number of hydrogen-bond acceptors (Lipinski definition) is 3. The third-order valence-electron chi connectivity index (χ3n) is 2.98. The van der Waals surface area contributed by atoms with Crippen LogP contribution in [0, 0.1) is 11.8 Å². The van der Waals surface area contributed by atoms with Gasteiger partial charge < -0.3 is 9.64 Å². The standard InChI is InChI=1S/C18H21NO3/c1-4-9-18(21)19(14-17-11-6-5-7-12-17)15(2)10-8-13-22-16(3)20/h5-8,10-12,15H,13-14H2,1-3H3. The molecule has 0 heterocycles. The van der Waals surface area contributed by atoms with Crippen molar-refractivity contribution in [1.29, 1.82) is 0 Å². The summed E-state index contributed by atoms with van der Waals surface area (Å²) in [6, 6.07) is 9.59. The van der Waals surface area contributed by atoms with Crippen LogP contribution in [0.4, 0.5) is 0 Å². The predicted molar refractivity (Wildman–Crippen MR) is 85.7 cm³/mol. The molecule has 0 fully saturated rings. The number of rotatable bonds is 6. The van der Waals surface area contributed by atoms with Crippen molar-refractivity contribution in [3.63, 3.8) is 0 Å². The zero-order valence-corrected chi connectivity index (χ0v) is 13.2. The first-order valence-electron chi connectivity index (χ1n) is 7.12. The van der Waals surface area contributed by atoms with E-state index in [2.05, 4.69) is 11.8 Å². The van der Waals surface area contributed by atoms with Gasteiger partial charge in [0.25, 0.3) is 5.91 Å². The molecule has 116 valence electrons. The van der Waals surface area contributed by atoms with Crippen molar-refractivity contribution in [3.05, 3.63) is 48.0 Å². The number of esters is 1. The third kappa shape index (κ3) is 6.27. The van der Waals surface area contributed by atoms with Gasteiger partial charge in [-0.1, -0.05) is 42.3 Å². The van der Waals surface area contributed by atoms with Crippen LogP contribution in [0.15, 0.2) is 42.5 Å². The molecule has 0 saturated heterocycles. The van der Waals surface area contributed by atoms with Crippen molar-refractivity contribution in [2.24, 2.45) is 0 Å². The fourth-order valence-electron chi connectivity index (χ4n) is 1.88. The molecule has 0 saturated carbocycles. The molecule has 0 radical (unpaired) electrons. The molecular formula is C18H21NO3. The summed E-state index contributed by atoms with van der Waals surface area (Å²) in [7, 11) is 0. The molecular weight excluding hydrogens is 278 g/mol. The summed E-state index contributed by atoms with van der Waals surface area (Å²) in [5.74, 6) is 4.66. The summed E-state index contributed by atoms with van der Waals surface area (Å²) in [5, 5.41) is 0. The summed E-state index contributed by atoms with van der Waals surface area (Å²) in [6.45, 7) is 5.58. The second kappa shape index (κ2) is 9.41. The highest BCUT2D eigenvalue weighted by molar-refractivity contribution is 5.93. The molecule has 0 N–H and O–H groups in total. The Hall–Kier alpha value is -2.54. The molecule has 4 nitrogen and oxygen atoms in total. The Kier molecular flexibility index (Phi) is 7.49. The lowest BCUT2D eigenvalue weighted by Crippen LogP contribution is -2.36. The maximum absolute atomic E-state index is 12.2. The van der Waals surface area contributed by atoms with Crippen molar-refractivity contribution < 1.29 is 14.3 Å². The molecule has 0 aliphatic heterocycles. The van der Waals surface area contributed by atoms with Crippen LogP contribution in [0.3, 0.4) is 0 Å². The Labute approximate surface area is 131 Å². The average molecular weight is 299 g/mol. The lowest BCUT2D eigenvalue weighted by Gasteiger charge is -2.25. The molecule has 1 amide bonds. The van der Waals surface area contributed by atoms with Gasteiger partial charge in [0.1, 0.15) is 6.61 Å². The van der Waals surface area contributed by atoms with Gasteiger partial charge in [-0.05, 0) is 31.4 Å². The van der Waals surface area contributed by atoms with Crippen LogP contribution < -0.4 is 0 Å². The molecule has 0 bridgehead atoms. The van der Waals surface area contributed by atoms with Crippen molar-refractivity contribution in [3.8, 4) is 11.8 Å².